The second-order valence-corrected chi connectivity index (χ2v) is 7.50. The molecule has 2 atom stereocenters. The van der Waals surface area contributed by atoms with E-state index in [-0.39, 0.29) is 28.9 Å². The van der Waals surface area contributed by atoms with E-state index in [9.17, 15) is 9.59 Å². The number of rotatable bonds is 7. The average Bonchev–Trinajstić information content (AvgIpc) is 3.04. The third-order valence-corrected chi connectivity index (χ3v) is 4.58. The van der Waals surface area contributed by atoms with Crippen LogP contribution >= 0.6 is 23.2 Å². The maximum absolute atomic E-state index is 12.5. The minimum atomic E-state index is -0.624. The summed E-state index contributed by atoms with van der Waals surface area (Å²) < 4.78 is 5.51. The second-order valence-electron chi connectivity index (χ2n) is 6.66. The number of ether oxygens (including phenoxy) is 1. The van der Waals surface area contributed by atoms with Crippen molar-refractivity contribution in [3.05, 3.63) is 33.8 Å². The van der Waals surface area contributed by atoms with E-state index < -0.39 is 6.04 Å². The van der Waals surface area contributed by atoms with Crippen LogP contribution in [-0.4, -0.2) is 37.1 Å². The van der Waals surface area contributed by atoms with Gasteiger partial charge in [0.05, 0.1) is 16.7 Å². The standard InChI is InChI=1S/C18H24Cl2N2O3/c1-11(2)8-16(18(24)21-10-13-4-3-7-25-13)22-17(23)14-6-5-12(19)9-15(14)20/h5-6,9,11,13,16H,3-4,7-8,10H2,1-2H3,(H,21,24)(H,22,23). The molecule has 138 valence electrons. The van der Waals surface area contributed by atoms with E-state index in [0.717, 1.165) is 19.4 Å². The van der Waals surface area contributed by atoms with E-state index in [1.807, 2.05) is 13.8 Å². The van der Waals surface area contributed by atoms with Gasteiger partial charge in [-0.15, -0.1) is 0 Å². The summed E-state index contributed by atoms with van der Waals surface area (Å²) in [5, 5.41) is 6.37. The van der Waals surface area contributed by atoms with Gasteiger partial charge in [0.25, 0.3) is 5.91 Å². The van der Waals surface area contributed by atoms with E-state index in [2.05, 4.69) is 10.6 Å². The molecule has 5 nitrogen and oxygen atoms in total. The van der Waals surface area contributed by atoms with Crippen molar-refractivity contribution in [2.24, 2.45) is 5.92 Å². The van der Waals surface area contributed by atoms with Crippen LogP contribution in [0.4, 0.5) is 0 Å². The summed E-state index contributed by atoms with van der Waals surface area (Å²) in [4.78, 5) is 25.0. The number of carbonyl (C=O) groups excluding carboxylic acids is 2. The molecule has 1 aromatic rings. The molecular formula is C18H24Cl2N2O3. The Kier molecular flexibility index (Phi) is 7.54. The lowest BCUT2D eigenvalue weighted by molar-refractivity contribution is -0.123. The minimum Gasteiger partial charge on any atom is -0.376 e. The fourth-order valence-electron chi connectivity index (χ4n) is 2.76. The van der Waals surface area contributed by atoms with E-state index in [1.54, 1.807) is 12.1 Å². The highest BCUT2D eigenvalue weighted by atomic mass is 35.5. The lowest BCUT2D eigenvalue weighted by Gasteiger charge is -2.21. The first-order chi connectivity index (χ1) is 11.9. The van der Waals surface area contributed by atoms with Crippen LogP contribution < -0.4 is 10.6 Å². The van der Waals surface area contributed by atoms with Crippen molar-refractivity contribution in [2.45, 2.75) is 45.3 Å². The third-order valence-electron chi connectivity index (χ3n) is 4.03. The van der Waals surface area contributed by atoms with Gasteiger partial charge in [-0.3, -0.25) is 9.59 Å². The molecule has 1 heterocycles. The molecule has 2 rings (SSSR count). The van der Waals surface area contributed by atoms with Gasteiger partial charge < -0.3 is 15.4 Å². The summed E-state index contributed by atoms with van der Waals surface area (Å²) in [6.45, 7) is 5.20. The molecule has 1 aliphatic rings. The fraction of sp³-hybridized carbons (Fsp3) is 0.556. The van der Waals surface area contributed by atoms with Gasteiger partial charge in [-0.2, -0.15) is 0 Å². The first-order valence-corrected chi connectivity index (χ1v) is 9.27. The lowest BCUT2D eigenvalue weighted by Crippen LogP contribution is -2.48. The molecule has 0 aromatic heterocycles. The number of hydrogen-bond acceptors (Lipinski definition) is 3. The number of hydrogen-bond donors (Lipinski definition) is 2. The maximum atomic E-state index is 12.5. The van der Waals surface area contributed by atoms with Gasteiger partial charge in [0, 0.05) is 18.2 Å². The Morgan fingerprint density at radius 2 is 2.08 bits per heavy atom. The molecule has 1 aliphatic heterocycles. The largest absolute Gasteiger partial charge is 0.376 e. The molecule has 2 N–H and O–H groups in total. The number of benzene rings is 1. The van der Waals surface area contributed by atoms with Crippen LogP contribution in [0.3, 0.4) is 0 Å². The SMILES string of the molecule is CC(C)CC(NC(=O)c1ccc(Cl)cc1Cl)C(=O)NCC1CCCO1. The van der Waals surface area contributed by atoms with Crippen LogP contribution in [-0.2, 0) is 9.53 Å². The van der Waals surface area contributed by atoms with Crippen molar-refractivity contribution in [1.29, 1.82) is 0 Å². The first kappa shape index (κ1) is 20.0. The van der Waals surface area contributed by atoms with Crippen molar-refractivity contribution in [3.63, 3.8) is 0 Å². The molecular weight excluding hydrogens is 363 g/mol. The third kappa shape index (κ3) is 6.17. The van der Waals surface area contributed by atoms with Crippen molar-refractivity contribution < 1.29 is 14.3 Å². The van der Waals surface area contributed by atoms with Gasteiger partial charge >= 0.3 is 0 Å². The molecule has 1 aromatic carbocycles. The Morgan fingerprint density at radius 1 is 1.32 bits per heavy atom. The zero-order valence-corrected chi connectivity index (χ0v) is 16.0. The molecule has 0 bridgehead atoms. The quantitative estimate of drug-likeness (QED) is 0.753. The van der Waals surface area contributed by atoms with Gasteiger partial charge in [-0.25, -0.2) is 0 Å². The van der Waals surface area contributed by atoms with Crippen LogP contribution in [0.2, 0.25) is 10.0 Å². The predicted molar refractivity (Wildman–Crippen MR) is 99.2 cm³/mol. The monoisotopic (exact) mass is 386 g/mol. The molecule has 0 aliphatic carbocycles. The Bertz CT molecular complexity index is 616. The molecule has 0 radical (unpaired) electrons. The number of halogens is 2. The topological polar surface area (TPSA) is 67.4 Å². The smallest absolute Gasteiger partial charge is 0.253 e. The average molecular weight is 387 g/mol. The first-order valence-electron chi connectivity index (χ1n) is 8.52. The zero-order chi connectivity index (χ0) is 18.4. The molecule has 0 spiro atoms. The summed E-state index contributed by atoms with van der Waals surface area (Å²) in [6.07, 6.45) is 2.56. The van der Waals surface area contributed by atoms with Crippen LogP contribution in [0.25, 0.3) is 0 Å². The van der Waals surface area contributed by atoms with Crippen LogP contribution in [0.5, 0.6) is 0 Å². The Balaban J connectivity index is 2.00. The minimum absolute atomic E-state index is 0.0602. The van der Waals surface area contributed by atoms with Crippen molar-refractivity contribution in [3.8, 4) is 0 Å². The number of nitrogens with one attached hydrogen (secondary N) is 2. The summed E-state index contributed by atoms with van der Waals surface area (Å²) in [5.41, 5.74) is 0.298. The highest BCUT2D eigenvalue weighted by molar-refractivity contribution is 6.36. The van der Waals surface area contributed by atoms with Crippen LogP contribution in [0, 0.1) is 5.92 Å². The molecule has 1 fully saturated rings. The molecule has 7 heteroatoms. The van der Waals surface area contributed by atoms with E-state index in [1.165, 1.54) is 6.07 Å². The van der Waals surface area contributed by atoms with Gasteiger partial charge in [0.2, 0.25) is 5.91 Å². The molecule has 2 unspecified atom stereocenters. The highest BCUT2D eigenvalue weighted by Gasteiger charge is 2.25. The Labute approximate surface area is 158 Å². The van der Waals surface area contributed by atoms with Gasteiger partial charge in [0.1, 0.15) is 6.04 Å². The molecule has 2 amide bonds. The normalized spacial score (nSPS) is 18.2. The van der Waals surface area contributed by atoms with E-state index >= 15 is 0 Å². The van der Waals surface area contributed by atoms with Crippen LogP contribution in [0.15, 0.2) is 18.2 Å². The summed E-state index contributed by atoms with van der Waals surface area (Å²) in [5.74, 6) is -0.346. The predicted octanol–water partition coefficient (Wildman–Crippen LogP) is 3.43. The highest BCUT2D eigenvalue weighted by Crippen LogP contribution is 2.21. The number of amides is 2. The van der Waals surface area contributed by atoms with E-state index in [0.29, 0.717) is 23.6 Å². The van der Waals surface area contributed by atoms with Crippen LogP contribution in [0.1, 0.15) is 43.5 Å². The maximum Gasteiger partial charge on any atom is 0.253 e. The summed E-state index contributed by atoms with van der Waals surface area (Å²) >= 11 is 11.9. The van der Waals surface area contributed by atoms with Crippen molar-refractivity contribution in [1.82, 2.24) is 10.6 Å². The van der Waals surface area contributed by atoms with Crippen molar-refractivity contribution >= 4 is 35.0 Å². The van der Waals surface area contributed by atoms with Gasteiger partial charge in [0.15, 0.2) is 0 Å². The molecule has 1 saturated heterocycles. The summed E-state index contributed by atoms with van der Waals surface area (Å²) in [6, 6.07) is 4.03. The van der Waals surface area contributed by atoms with Gasteiger partial charge in [-0.05, 0) is 43.4 Å². The second kappa shape index (κ2) is 9.41. The lowest BCUT2D eigenvalue weighted by atomic mass is 10.0. The Hall–Kier alpha value is -1.30. The molecule has 0 saturated carbocycles. The fourth-order valence-corrected chi connectivity index (χ4v) is 3.25. The van der Waals surface area contributed by atoms with Gasteiger partial charge in [-0.1, -0.05) is 37.0 Å². The van der Waals surface area contributed by atoms with E-state index in [4.69, 9.17) is 27.9 Å². The Morgan fingerprint density at radius 3 is 2.68 bits per heavy atom. The molecule has 25 heavy (non-hydrogen) atoms. The summed E-state index contributed by atoms with van der Waals surface area (Å²) in [7, 11) is 0. The van der Waals surface area contributed by atoms with Crippen molar-refractivity contribution in [2.75, 3.05) is 13.2 Å². The number of carbonyl (C=O) groups is 2. The zero-order valence-electron chi connectivity index (χ0n) is 14.5.